The Balaban J connectivity index is 2.45. The first-order valence-corrected chi connectivity index (χ1v) is 8.18. The molecule has 1 N–H and O–H groups in total. The van der Waals surface area contributed by atoms with Gasteiger partial charge >= 0.3 is 5.97 Å². The maximum atomic E-state index is 12.7. The Labute approximate surface area is 132 Å². The lowest BCUT2D eigenvalue weighted by molar-refractivity contribution is -0.387. The number of aliphatic carboxylic acids is 1. The van der Waals surface area contributed by atoms with Gasteiger partial charge in [-0.3, -0.25) is 14.9 Å². The largest absolute Gasteiger partial charge is 0.497 e. The van der Waals surface area contributed by atoms with E-state index in [0.717, 1.165) is 16.4 Å². The highest BCUT2D eigenvalue weighted by atomic mass is 32.2. The second-order valence-electron chi connectivity index (χ2n) is 5.33. The van der Waals surface area contributed by atoms with Gasteiger partial charge in [-0.2, -0.15) is 4.31 Å². The molecule has 1 aromatic carbocycles. The zero-order chi connectivity index (χ0) is 17.4. The van der Waals surface area contributed by atoms with Gasteiger partial charge in [0.25, 0.3) is 5.69 Å². The number of methoxy groups -OCH3 is 1. The van der Waals surface area contributed by atoms with Crippen molar-refractivity contribution in [2.45, 2.75) is 11.8 Å². The first kappa shape index (κ1) is 17.2. The molecule has 0 aromatic heterocycles. The summed E-state index contributed by atoms with van der Waals surface area (Å²) in [6, 6.07) is 3.44. The molecule has 2 rings (SSSR count). The van der Waals surface area contributed by atoms with Gasteiger partial charge in [0.1, 0.15) is 5.75 Å². The number of carboxylic acid groups (broad SMARTS) is 1. The summed E-state index contributed by atoms with van der Waals surface area (Å²) in [5.41, 5.74) is -0.601. The molecule has 0 unspecified atom stereocenters. The van der Waals surface area contributed by atoms with Gasteiger partial charge in [0.05, 0.1) is 24.0 Å². The van der Waals surface area contributed by atoms with Crippen LogP contribution in [-0.2, 0) is 14.8 Å². The molecule has 1 aromatic rings. The highest BCUT2D eigenvalue weighted by molar-refractivity contribution is 7.89. The number of ether oxygens (including phenoxy) is 1. The molecule has 9 nitrogen and oxygen atoms in total. The Hall–Kier alpha value is -2.20. The third-order valence-corrected chi connectivity index (χ3v) is 5.76. The molecule has 2 atom stereocenters. The normalized spacial score (nSPS) is 22.0. The van der Waals surface area contributed by atoms with Crippen LogP contribution in [0.1, 0.15) is 6.92 Å². The van der Waals surface area contributed by atoms with Crippen LogP contribution in [0.25, 0.3) is 0 Å². The Morgan fingerprint density at radius 3 is 2.57 bits per heavy atom. The highest BCUT2D eigenvalue weighted by Crippen LogP contribution is 2.34. The first-order valence-electron chi connectivity index (χ1n) is 6.74. The van der Waals surface area contributed by atoms with Crippen molar-refractivity contribution < 1.29 is 28.0 Å². The molecule has 0 spiro atoms. The van der Waals surface area contributed by atoms with Crippen molar-refractivity contribution in [2.24, 2.45) is 11.8 Å². The first-order chi connectivity index (χ1) is 10.7. The van der Waals surface area contributed by atoms with Crippen molar-refractivity contribution in [1.29, 1.82) is 0 Å². The molecule has 10 heteroatoms. The summed E-state index contributed by atoms with van der Waals surface area (Å²) >= 11 is 0. The lowest BCUT2D eigenvalue weighted by Gasteiger charge is -2.16. The minimum atomic E-state index is -4.17. The van der Waals surface area contributed by atoms with E-state index in [1.807, 2.05) is 0 Å². The SMILES string of the molecule is COc1ccc(S(=O)(=O)N2C[C@@H](C)[C@H](C(=O)O)C2)c([N+](=O)[O-])c1. The second-order valence-corrected chi connectivity index (χ2v) is 7.24. The van der Waals surface area contributed by atoms with Crippen molar-refractivity contribution in [2.75, 3.05) is 20.2 Å². The standard InChI is InChI=1S/C13H16N2O7S/c1-8-6-14(7-10(8)13(16)17)23(20,21)12-4-3-9(22-2)5-11(12)15(18)19/h3-5,8,10H,6-7H2,1-2H3,(H,16,17)/t8-,10-/m1/s1. The van der Waals surface area contributed by atoms with E-state index in [-0.39, 0.29) is 24.8 Å². The number of carbonyl (C=O) groups is 1. The maximum absolute atomic E-state index is 12.7. The Kier molecular flexibility index (Phi) is 4.57. The van der Waals surface area contributed by atoms with Crippen LogP contribution in [-0.4, -0.2) is 48.9 Å². The molecular weight excluding hydrogens is 328 g/mol. The molecule has 23 heavy (non-hydrogen) atoms. The van der Waals surface area contributed by atoms with Gasteiger partial charge in [-0.15, -0.1) is 0 Å². The molecule has 0 amide bonds. The van der Waals surface area contributed by atoms with Crippen LogP contribution >= 0.6 is 0 Å². The van der Waals surface area contributed by atoms with Gasteiger partial charge in [0, 0.05) is 13.1 Å². The van der Waals surface area contributed by atoms with E-state index in [1.54, 1.807) is 6.92 Å². The molecule has 0 radical (unpaired) electrons. The Morgan fingerprint density at radius 2 is 2.09 bits per heavy atom. The number of sulfonamides is 1. The van der Waals surface area contributed by atoms with Crippen molar-refractivity contribution in [3.63, 3.8) is 0 Å². The van der Waals surface area contributed by atoms with E-state index in [9.17, 15) is 23.3 Å². The fourth-order valence-corrected chi connectivity index (χ4v) is 4.27. The molecule has 1 aliphatic heterocycles. The minimum absolute atomic E-state index is 0.00246. The van der Waals surface area contributed by atoms with E-state index in [0.29, 0.717) is 0 Å². The van der Waals surface area contributed by atoms with Crippen molar-refractivity contribution in [3.05, 3.63) is 28.3 Å². The number of benzene rings is 1. The second kappa shape index (κ2) is 6.13. The molecule has 1 saturated heterocycles. The van der Waals surface area contributed by atoms with Crippen LogP contribution in [0.3, 0.4) is 0 Å². The van der Waals surface area contributed by atoms with Crippen LogP contribution in [0.2, 0.25) is 0 Å². The van der Waals surface area contributed by atoms with Crippen molar-refractivity contribution >= 4 is 21.7 Å². The van der Waals surface area contributed by atoms with Crippen LogP contribution in [0.15, 0.2) is 23.1 Å². The van der Waals surface area contributed by atoms with E-state index < -0.39 is 37.4 Å². The number of hydrogen-bond donors (Lipinski definition) is 1. The van der Waals surface area contributed by atoms with Gasteiger partial charge in [-0.05, 0) is 18.1 Å². The number of rotatable bonds is 5. The van der Waals surface area contributed by atoms with Crippen LogP contribution in [0, 0.1) is 22.0 Å². The number of carboxylic acids is 1. The zero-order valence-electron chi connectivity index (χ0n) is 12.5. The molecule has 1 aliphatic rings. The van der Waals surface area contributed by atoms with Crippen molar-refractivity contribution in [1.82, 2.24) is 4.31 Å². The third kappa shape index (κ3) is 3.13. The predicted molar refractivity (Wildman–Crippen MR) is 78.7 cm³/mol. The summed E-state index contributed by atoms with van der Waals surface area (Å²) < 4.78 is 31.2. The lowest BCUT2D eigenvalue weighted by Crippen LogP contribution is -2.30. The van der Waals surface area contributed by atoms with Gasteiger partial charge in [-0.25, -0.2) is 8.42 Å². The zero-order valence-corrected chi connectivity index (χ0v) is 13.3. The van der Waals surface area contributed by atoms with E-state index >= 15 is 0 Å². The highest BCUT2D eigenvalue weighted by Gasteiger charge is 2.42. The molecule has 1 heterocycles. The molecule has 0 bridgehead atoms. The summed E-state index contributed by atoms with van der Waals surface area (Å²) in [6.07, 6.45) is 0. The topological polar surface area (TPSA) is 127 Å². The van der Waals surface area contributed by atoms with Crippen LogP contribution in [0.5, 0.6) is 5.75 Å². The molecule has 1 fully saturated rings. The summed E-state index contributed by atoms with van der Waals surface area (Å²) in [4.78, 5) is 21.0. The number of nitro benzene ring substituents is 1. The summed E-state index contributed by atoms with van der Waals surface area (Å²) in [5.74, 6) is -2.13. The Morgan fingerprint density at radius 1 is 1.43 bits per heavy atom. The molecule has 0 saturated carbocycles. The van der Waals surface area contributed by atoms with Gasteiger partial charge < -0.3 is 9.84 Å². The number of nitro groups is 1. The molecule has 126 valence electrons. The van der Waals surface area contributed by atoms with Gasteiger partial charge in [-0.1, -0.05) is 6.92 Å². The predicted octanol–water partition coefficient (Wildman–Crippen LogP) is 0.945. The fraction of sp³-hybridized carbons (Fsp3) is 0.462. The van der Waals surface area contributed by atoms with Crippen molar-refractivity contribution in [3.8, 4) is 5.75 Å². The van der Waals surface area contributed by atoms with Gasteiger partial charge in [0.2, 0.25) is 10.0 Å². The minimum Gasteiger partial charge on any atom is -0.497 e. The lowest BCUT2D eigenvalue weighted by atomic mass is 9.99. The van der Waals surface area contributed by atoms with E-state index in [2.05, 4.69) is 0 Å². The fourth-order valence-electron chi connectivity index (χ4n) is 2.56. The van der Waals surface area contributed by atoms with Crippen LogP contribution < -0.4 is 4.74 Å². The maximum Gasteiger partial charge on any atom is 0.308 e. The summed E-state index contributed by atoms with van der Waals surface area (Å²) in [6.45, 7) is 1.43. The summed E-state index contributed by atoms with van der Waals surface area (Å²) in [7, 11) is -2.85. The average molecular weight is 344 g/mol. The van der Waals surface area contributed by atoms with Crippen LogP contribution in [0.4, 0.5) is 5.69 Å². The smallest absolute Gasteiger partial charge is 0.308 e. The quantitative estimate of drug-likeness (QED) is 0.622. The average Bonchev–Trinajstić information content (AvgIpc) is 2.89. The van der Waals surface area contributed by atoms with E-state index in [4.69, 9.17) is 9.84 Å². The molecular formula is C13H16N2O7S. The number of hydrogen-bond acceptors (Lipinski definition) is 6. The third-order valence-electron chi connectivity index (χ3n) is 3.88. The summed E-state index contributed by atoms with van der Waals surface area (Å²) in [5, 5.41) is 20.3. The van der Waals surface area contributed by atoms with Gasteiger partial charge in [0.15, 0.2) is 4.90 Å². The number of nitrogens with zero attached hydrogens (tertiary/aromatic N) is 2. The Bertz CT molecular complexity index is 747. The molecule has 0 aliphatic carbocycles. The van der Waals surface area contributed by atoms with E-state index in [1.165, 1.54) is 13.2 Å². The monoisotopic (exact) mass is 344 g/mol.